The van der Waals surface area contributed by atoms with Gasteiger partial charge in [0.05, 0.1) is 11.8 Å². The van der Waals surface area contributed by atoms with Crippen molar-refractivity contribution in [3.8, 4) is 0 Å². The molecule has 2 fully saturated rings. The molecule has 1 aromatic carbocycles. The van der Waals surface area contributed by atoms with Crippen molar-refractivity contribution in [2.24, 2.45) is 5.92 Å². The fourth-order valence-corrected chi connectivity index (χ4v) is 4.75. The van der Waals surface area contributed by atoms with Crippen molar-refractivity contribution in [1.29, 1.82) is 0 Å². The number of carbonyl (C=O) groups excluding carboxylic acids is 2. The molecule has 2 aliphatic heterocycles. The van der Waals surface area contributed by atoms with Gasteiger partial charge in [-0.05, 0) is 5.56 Å². The lowest BCUT2D eigenvalue weighted by Gasteiger charge is -2.27. The van der Waals surface area contributed by atoms with Crippen LogP contribution in [-0.2, 0) is 14.4 Å². The monoisotopic (exact) mass is 362 g/mol. The van der Waals surface area contributed by atoms with Gasteiger partial charge in [0.25, 0.3) is 0 Å². The van der Waals surface area contributed by atoms with Crippen LogP contribution >= 0.6 is 11.8 Å². The summed E-state index contributed by atoms with van der Waals surface area (Å²) >= 11 is 1.57. The second-order valence-corrected chi connectivity index (χ2v) is 7.44. The number of hydrogen-bond donors (Lipinski definition) is 1. The highest BCUT2D eigenvalue weighted by Crippen LogP contribution is 2.34. The second-order valence-electron chi connectivity index (χ2n) is 6.44. The van der Waals surface area contributed by atoms with Crippen molar-refractivity contribution >= 4 is 29.5 Å². The van der Waals surface area contributed by atoms with E-state index in [-0.39, 0.29) is 24.3 Å². The number of likely N-dealkylation sites (tertiary alicyclic amines) is 1. The zero-order valence-corrected chi connectivity index (χ0v) is 14.9. The van der Waals surface area contributed by atoms with E-state index in [1.54, 1.807) is 28.5 Å². The molecule has 1 aromatic rings. The van der Waals surface area contributed by atoms with Crippen LogP contribution in [0.1, 0.15) is 24.8 Å². The van der Waals surface area contributed by atoms with Gasteiger partial charge in [0.1, 0.15) is 6.04 Å². The summed E-state index contributed by atoms with van der Waals surface area (Å²) in [4.78, 5) is 39.9. The van der Waals surface area contributed by atoms with Crippen LogP contribution in [0.2, 0.25) is 0 Å². The van der Waals surface area contributed by atoms with Gasteiger partial charge in [-0.2, -0.15) is 0 Å². The Labute approximate surface area is 151 Å². The lowest BCUT2D eigenvalue weighted by atomic mass is 9.89. The molecule has 0 aliphatic carbocycles. The maximum absolute atomic E-state index is 12.9. The van der Waals surface area contributed by atoms with E-state index in [4.69, 9.17) is 0 Å². The van der Waals surface area contributed by atoms with E-state index in [2.05, 4.69) is 0 Å². The van der Waals surface area contributed by atoms with Crippen molar-refractivity contribution in [2.75, 3.05) is 24.7 Å². The number of aliphatic carboxylic acids is 1. The third-order valence-electron chi connectivity index (χ3n) is 4.97. The molecule has 3 rings (SSSR count). The normalized spacial score (nSPS) is 26.0. The molecule has 25 heavy (non-hydrogen) atoms. The molecule has 0 saturated carbocycles. The molecular weight excluding hydrogens is 340 g/mol. The molecule has 2 aliphatic rings. The number of hydrogen-bond acceptors (Lipinski definition) is 4. The first kappa shape index (κ1) is 17.8. The molecule has 6 nitrogen and oxygen atoms in total. The quantitative estimate of drug-likeness (QED) is 0.881. The van der Waals surface area contributed by atoms with E-state index in [1.165, 1.54) is 0 Å². The van der Waals surface area contributed by atoms with Gasteiger partial charge < -0.3 is 14.9 Å². The minimum Gasteiger partial charge on any atom is -0.481 e. The van der Waals surface area contributed by atoms with E-state index >= 15 is 0 Å². The average Bonchev–Trinajstić information content (AvgIpc) is 3.28. The van der Waals surface area contributed by atoms with Crippen LogP contribution in [0.5, 0.6) is 0 Å². The van der Waals surface area contributed by atoms with Crippen molar-refractivity contribution in [2.45, 2.75) is 25.3 Å². The maximum atomic E-state index is 12.9. The Morgan fingerprint density at radius 1 is 1.20 bits per heavy atom. The number of carboxylic acids is 1. The summed E-state index contributed by atoms with van der Waals surface area (Å²) in [6.07, 6.45) is 0.370. The van der Waals surface area contributed by atoms with Crippen molar-refractivity contribution in [1.82, 2.24) is 9.80 Å². The van der Waals surface area contributed by atoms with E-state index in [0.29, 0.717) is 24.6 Å². The molecule has 0 aromatic heterocycles. The van der Waals surface area contributed by atoms with Gasteiger partial charge >= 0.3 is 5.97 Å². The summed E-state index contributed by atoms with van der Waals surface area (Å²) in [6.45, 7) is 2.37. The summed E-state index contributed by atoms with van der Waals surface area (Å²) < 4.78 is 0. The molecule has 2 amide bonds. The third kappa shape index (κ3) is 3.51. The fourth-order valence-electron chi connectivity index (χ4n) is 3.58. The van der Waals surface area contributed by atoms with Crippen LogP contribution in [0.3, 0.4) is 0 Å². The van der Waals surface area contributed by atoms with E-state index in [9.17, 15) is 19.5 Å². The number of carbonyl (C=O) groups is 3. The number of amides is 2. The lowest BCUT2D eigenvalue weighted by molar-refractivity contribution is -0.144. The Morgan fingerprint density at radius 3 is 2.56 bits per heavy atom. The topological polar surface area (TPSA) is 77.9 Å². The molecule has 0 bridgehead atoms. The largest absolute Gasteiger partial charge is 0.481 e. The number of nitrogens with zero attached hydrogens (tertiary/aromatic N) is 2. The van der Waals surface area contributed by atoms with Crippen LogP contribution in [0.25, 0.3) is 0 Å². The highest BCUT2D eigenvalue weighted by atomic mass is 32.2. The Morgan fingerprint density at radius 2 is 1.92 bits per heavy atom. The summed E-state index contributed by atoms with van der Waals surface area (Å²) in [5, 5.41) is 9.58. The first-order valence-corrected chi connectivity index (χ1v) is 9.62. The standard InChI is InChI=1S/C18H22N2O4S/c1-2-16(21)20-11-25-10-15(20)17(22)19-8-13(14(9-19)18(23)24)12-6-4-3-5-7-12/h3-7,13-15H,2,8-11H2,1H3,(H,23,24). The van der Waals surface area contributed by atoms with Crippen LogP contribution in [-0.4, -0.2) is 63.5 Å². The smallest absolute Gasteiger partial charge is 0.308 e. The molecule has 3 unspecified atom stereocenters. The summed E-state index contributed by atoms with van der Waals surface area (Å²) in [5.74, 6) is -0.765. The molecule has 134 valence electrons. The van der Waals surface area contributed by atoms with Crippen molar-refractivity contribution in [3.05, 3.63) is 35.9 Å². The van der Waals surface area contributed by atoms with Crippen LogP contribution in [0, 0.1) is 5.92 Å². The number of benzene rings is 1. The van der Waals surface area contributed by atoms with E-state index < -0.39 is 17.9 Å². The van der Waals surface area contributed by atoms with Gasteiger partial charge in [-0.25, -0.2) is 0 Å². The van der Waals surface area contributed by atoms with Crippen LogP contribution < -0.4 is 0 Å². The summed E-state index contributed by atoms with van der Waals surface area (Å²) in [6, 6.07) is 9.00. The van der Waals surface area contributed by atoms with Gasteiger partial charge in [0.15, 0.2) is 0 Å². The van der Waals surface area contributed by atoms with Gasteiger partial charge in [-0.1, -0.05) is 37.3 Å². The Hall–Kier alpha value is -2.02. The highest BCUT2D eigenvalue weighted by Gasteiger charge is 2.44. The fraction of sp³-hybridized carbons (Fsp3) is 0.500. The van der Waals surface area contributed by atoms with Gasteiger partial charge in [-0.15, -0.1) is 11.8 Å². The van der Waals surface area contributed by atoms with Crippen molar-refractivity contribution < 1.29 is 19.5 Å². The molecule has 3 atom stereocenters. The van der Waals surface area contributed by atoms with Gasteiger partial charge in [0, 0.05) is 31.2 Å². The number of rotatable bonds is 4. The second kappa shape index (κ2) is 7.47. The first-order chi connectivity index (χ1) is 12.0. The molecular formula is C18H22N2O4S. The van der Waals surface area contributed by atoms with Crippen molar-refractivity contribution in [3.63, 3.8) is 0 Å². The lowest BCUT2D eigenvalue weighted by Crippen LogP contribution is -2.48. The van der Waals surface area contributed by atoms with Crippen LogP contribution in [0.15, 0.2) is 30.3 Å². The van der Waals surface area contributed by atoms with Gasteiger partial charge in [0.2, 0.25) is 11.8 Å². The minimum atomic E-state index is -0.883. The SMILES string of the molecule is CCC(=O)N1CSCC1C(=O)N1CC(C(=O)O)C(c2ccccc2)C1. The zero-order chi connectivity index (χ0) is 18.0. The Bertz CT molecular complexity index is 666. The van der Waals surface area contributed by atoms with E-state index in [0.717, 1.165) is 5.56 Å². The molecule has 7 heteroatoms. The number of thioether (sulfide) groups is 1. The number of carboxylic acid groups (broad SMARTS) is 1. The van der Waals surface area contributed by atoms with E-state index in [1.807, 2.05) is 30.3 Å². The highest BCUT2D eigenvalue weighted by molar-refractivity contribution is 7.99. The maximum Gasteiger partial charge on any atom is 0.308 e. The molecule has 0 radical (unpaired) electrons. The summed E-state index contributed by atoms with van der Waals surface area (Å²) in [5.41, 5.74) is 0.937. The molecule has 0 spiro atoms. The predicted octanol–water partition coefficient (Wildman–Crippen LogP) is 1.62. The Kier molecular flexibility index (Phi) is 5.32. The molecule has 2 heterocycles. The van der Waals surface area contributed by atoms with Crippen LogP contribution in [0.4, 0.5) is 0 Å². The minimum absolute atomic E-state index is 0.0306. The molecule has 2 saturated heterocycles. The zero-order valence-electron chi connectivity index (χ0n) is 14.1. The van der Waals surface area contributed by atoms with Gasteiger partial charge in [-0.3, -0.25) is 14.4 Å². The average molecular weight is 362 g/mol. The molecule has 1 N–H and O–H groups in total. The Balaban J connectivity index is 1.78. The predicted molar refractivity (Wildman–Crippen MR) is 95.1 cm³/mol. The first-order valence-electron chi connectivity index (χ1n) is 8.46. The summed E-state index contributed by atoms with van der Waals surface area (Å²) in [7, 11) is 0. The third-order valence-corrected chi connectivity index (χ3v) is 5.98.